The number of carbonyl (C=O) groups is 1. The summed E-state index contributed by atoms with van der Waals surface area (Å²) in [5.41, 5.74) is 3.60. The number of rotatable bonds is 5. The van der Waals surface area contributed by atoms with Crippen LogP contribution in [0.2, 0.25) is 0 Å². The number of carbonyl (C=O) groups excluding carboxylic acids is 1. The van der Waals surface area contributed by atoms with Crippen molar-refractivity contribution < 1.29 is 18.0 Å². The highest BCUT2D eigenvalue weighted by Crippen LogP contribution is 2.32. The normalized spacial score (nSPS) is 20.3. The number of alkyl halides is 3. The molecule has 0 saturated carbocycles. The number of fused-ring (bicyclic) bond motifs is 1. The number of nitrogens with one attached hydrogen (secondary N) is 2. The van der Waals surface area contributed by atoms with E-state index >= 15 is 0 Å². The van der Waals surface area contributed by atoms with Crippen molar-refractivity contribution in [1.29, 1.82) is 0 Å². The smallest absolute Gasteiger partial charge is 0.333 e. The fraction of sp³-hybridized carbons (Fsp3) is 0.375. The Morgan fingerprint density at radius 2 is 1.91 bits per heavy atom. The summed E-state index contributed by atoms with van der Waals surface area (Å²) in [7, 11) is 0. The summed E-state index contributed by atoms with van der Waals surface area (Å²) in [5.74, 6) is 0.311. The average molecular weight is 470 g/mol. The Morgan fingerprint density at radius 1 is 1.09 bits per heavy atom. The topological polar surface area (TPSA) is 75.1 Å². The second-order valence-corrected chi connectivity index (χ2v) is 8.78. The summed E-state index contributed by atoms with van der Waals surface area (Å²) >= 11 is 0. The minimum absolute atomic E-state index is 0.0997. The second kappa shape index (κ2) is 9.09. The zero-order chi connectivity index (χ0) is 23.7. The predicted molar refractivity (Wildman–Crippen MR) is 121 cm³/mol. The van der Waals surface area contributed by atoms with E-state index in [2.05, 4.69) is 15.6 Å². The second-order valence-electron chi connectivity index (χ2n) is 8.78. The van der Waals surface area contributed by atoms with Gasteiger partial charge >= 0.3 is 12.2 Å². The Balaban J connectivity index is 1.36. The van der Waals surface area contributed by atoms with Gasteiger partial charge in [-0.05, 0) is 43.0 Å². The molecule has 5 rings (SSSR count). The highest BCUT2D eigenvalue weighted by atomic mass is 19.4. The van der Waals surface area contributed by atoms with Crippen LogP contribution in [-0.2, 0) is 12.8 Å². The molecular weight excluding hydrogens is 445 g/mol. The maximum Gasteiger partial charge on any atom is 0.401 e. The van der Waals surface area contributed by atoms with Crippen molar-refractivity contribution in [2.45, 2.75) is 37.4 Å². The summed E-state index contributed by atoms with van der Waals surface area (Å²) < 4.78 is 40.9. The molecule has 7 nitrogen and oxygen atoms in total. The zero-order valence-electron chi connectivity index (χ0n) is 18.4. The van der Waals surface area contributed by atoms with E-state index in [9.17, 15) is 18.0 Å². The number of benzene rings is 1. The third kappa shape index (κ3) is 4.77. The van der Waals surface area contributed by atoms with Crippen molar-refractivity contribution in [1.82, 2.24) is 25.0 Å². The Labute approximate surface area is 195 Å². The molecule has 3 aromatic rings. The van der Waals surface area contributed by atoms with Crippen LogP contribution >= 0.6 is 0 Å². The highest BCUT2D eigenvalue weighted by molar-refractivity contribution is 5.90. The number of halogens is 3. The summed E-state index contributed by atoms with van der Waals surface area (Å²) in [5, 5.41) is 10.6. The van der Waals surface area contributed by atoms with Crippen LogP contribution in [0.3, 0.4) is 0 Å². The van der Waals surface area contributed by atoms with Crippen molar-refractivity contribution in [3.05, 3.63) is 71.7 Å². The van der Waals surface area contributed by atoms with Gasteiger partial charge in [0.1, 0.15) is 5.82 Å². The van der Waals surface area contributed by atoms with Gasteiger partial charge < -0.3 is 5.32 Å². The van der Waals surface area contributed by atoms with Crippen molar-refractivity contribution in [2.75, 3.05) is 25.0 Å². The fourth-order valence-electron chi connectivity index (χ4n) is 4.94. The van der Waals surface area contributed by atoms with Crippen molar-refractivity contribution in [2.24, 2.45) is 0 Å². The molecule has 0 bridgehead atoms. The average Bonchev–Trinajstić information content (AvgIpc) is 3.50. The van der Waals surface area contributed by atoms with E-state index in [1.807, 2.05) is 36.4 Å². The number of nitrogens with zero attached hydrogens (tertiary/aromatic N) is 4. The third-order valence-corrected chi connectivity index (χ3v) is 6.37. The van der Waals surface area contributed by atoms with Gasteiger partial charge in [-0.15, -0.1) is 0 Å². The molecule has 0 radical (unpaired) electrons. The molecule has 1 saturated heterocycles. The summed E-state index contributed by atoms with van der Waals surface area (Å²) in [6, 6.07) is 12.2. The number of hydrogen-bond acceptors (Lipinski definition) is 4. The Bertz CT molecular complexity index is 1150. The molecule has 1 aliphatic carbocycles. The van der Waals surface area contributed by atoms with Crippen LogP contribution in [0, 0.1) is 0 Å². The molecule has 178 valence electrons. The molecule has 10 heteroatoms. The minimum atomic E-state index is -4.31. The predicted octanol–water partition coefficient (Wildman–Crippen LogP) is 3.91. The first-order valence-electron chi connectivity index (χ1n) is 11.3. The molecule has 3 heterocycles. The van der Waals surface area contributed by atoms with Crippen molar-refractivity contribution in [3.63, 3.8) is 0 Å². The molecule has 1 aromatic carbocycles. The van der Waals surface area contributed by atoms with Gasteiger partial charge in [0.25, 0.3) is 0 Å². The van der Waals surface area contributed by atoms with E-state index < -0.39 is 24.8 Å². The molecule has 2 N–H and O–H groups in total. The molecule has 1 unspecified atom stereocenters. The third-order valence-electron chi connectivity index (χ3n) is 6.37. The van der Waals surface area contributed by atoms with Gasteiger partial charge in [0, 0.05) is 37.0 Å². The first-order chi connectivity index (χ1) is 16.4. The quantitative estimate of drug-likeness (QED) is 0.593. The lowest BCUT2D eigenvalue weighted by molar-refractivity contribution is -0.143. The number of amides is 2. The maximum atomic E-state index is 13.1. The number of urea groups is 1. The van der Waals surface area contributed by atoms with E-state index in [0.29, 0.717) is 5.82 Å². The molecule has 0 spiro atoms. The number of para-hydroxylation sites is 1. The lowest BCUT2D eigenvalue weighted by Crippen LogP contribution is -2.43. The van der Waals surface area contributed by atoms with Crippen LogP contribution in [0.1, 0.15) is 29.2 Å². The Morgan fingerprint density at radius 3 is 2.65 bits per heavy atom. The lowest BCUT2D eigenvalue weighted by atomic mass is 9.96. The molecular formula is C24H25F3N6O. The van der Waals surface area contributed by atoms with Gasteiger partial charge in [-0.1, -0.05) is 24.3 Å². The van der Waals surface area contributed by atoms with E-state index in [4.69, 9.17) is 5.10 Å². The van der Waals surface area contributed by atoms with Crippen LogP contribution in [0.15, 0.2) is 54.9 Å². The van der Waals surface area contributed by atoms with Crippen LogP contribution in [0.4, 0.5) is 23.8 Å². The Hall–Kier alpha value is -3.40. The zero-order valence-corrected chi connectivity index (χ0v) is 18.4. The van der Waals surface area contributed by atoms with Gasteiger partial charge in [-0.25, -0.2) is 9.48 Å². The SMILES string of the molecule is O=C(Nc1c2c(nn1-c1ccccc1)CCC2)NC1CN(CC(F)(F)F)C[C@H]1c1cccnc1. The van der Waals surface area contributed by atoms with Gasteiger partial charge in [-0.3, -0.25) is 15.2 Å². The van der Waals surface area contributed by atoms with E-state index in [1.165, 1.54) is 4.90 Å². The molecule has 1 aliphatic heterocycles. The summed E-state index contributed by atoms with van der Waals surface area (Å²) in [4.78, 5) is 18.5. The van der Waals surface area contributed by atoms with E-state index in [1.54, 1.807) is 23.1 Å². The number of aromatic nitrogens is 3. The van der Waals surface area contributed by atoms with Crippen LogP contribution < -0.4 is 10.6 Å². The standard InChI is InChI=1S/C24H25F3N6O/c25-24(26,27)15-32-13-19(16-6-5-11-28-12-16)21(14-32)29-23(34)30-22-18-9-4-10-20(18)31-33(22)17-7-2-1-3-8-17/h1-3,5-8,11-12,19,21H,4,9-10,13-15H2,(H2,29,30,34)/t19-,21?/m0/s1. The molecule has 2 aromatic heterocycles. The summed E-state index contributed by atoms with van der Waals surface area (Å²) in [6.45, 7) is -0.728. The summed E-state index contributed by atoms with van der Waals surface area (Å²) in [6.07, 6.45) is 1.60. The van der Waals surface area contributed by atoms with Gasteiger partial charge in [-0.2, -0.15) is 18.3 Å². The molecule has 2 atom stereocenters. The molecule has 2 aliphatic rings. The number of likely N-dealkylation sites (tertiary alicyclic amines) is 1. The van der Waals surface area contributed by atoms with Gasteiger partial charge in [0.2, 0.25) is 0 Å². The molecule has 1 fully saturated rings. The van der Waals surface area contributed by atoms with E-state index in [0.717, 1.165) is 41.8 Å². The fourth-order valence-corrected chi connectivity index (χ4v) is 4.94. The Kier molecular flexibility index (Phi) is 5.99. The lowest BCUT2D eigenvalue weighted by Gasteiger charge is -2.21. The number of pyridine rings is 1. The largest absolute Gasteiger partial charge is 0.401 e. The molecule has 2 amide bonds. The van der Waals surface area contributed by atoms with Crippen molar-refractivity contribution in [3.8, 4) is 5.69 Å². The van der Waals surface area contributed by atoms with E-state index in [-0.39, 0.29) is 19.0 Å². The molecule has 34 heavy (non-hydrogen) atoms. The first kappa shape index (κ1) is 22.4. The monoisotopic (exact) mass is 470 g/mol. The van der Waals surface area contributed by atoms with Crippen LogP contribution in [0.5, 0.6) is 0 Å². The van der Waals surface area contributed by atoms with Gasteiger partial charge in [0.15, 0.2) is 0 Å². The number of aryl methyl sites for hydroxylation is 1. The number of hydrogen-bond donors (Lipinski definition) is 2. The maximum absolute atomic E-state index is 13.1. The number of anilines is 1. The highest BCUT2D eigenvalue weighted by Gasteiger charge is 2.40. The van der Waals surface area contributed by atoms with Crippen LogP contribution in [-0.4, -0.2) is 57.5 Å². The minimum Gasteiger partial charge on any atom is -0.333 e. The first-order valence-corrected chi connectivity index (χ1v) is 11.3. The van der Waals surface area contributed by atoms with Crippen molar-refractivity contribution >= 4 is 11.8 Å². The van der Waals surface area contributed by atoms with Crippen LogP contribution in [0.25, 0.3) is 5.69 Å². The van der Waals surface area contributed by atoms with Gasteiger partial charge in [0.05, 0.1) is 24.0 Å².